The molecule has 2 rings (SSSR count). The maximum atomic E-state index is 13.2. The van der Waals surface area contributed by atoms with Crippen LogP contribution in [0, 0.1) is 11.8 Å². The van der Waals surface area contributed by atoms with Gasteiger partial charge in [0, 0.05) is 0 Å². The number of esters is 1. The van der Waals surface area contributed by atoms with Gasteiger partial charge in [0.15, 0.2) is 5.78 Å². The molecule has 0 heterocycles. The molecule has 35 heavy (non-hydrogen) atoms. The lowest BCUT2D eigenvalue weighted by molar-refractivity contribution is -0.149. The van der Waals surface area contributed by atoms with E-state index in [1.54, 1.807) is 13.8 Å². The molecule has 0 aliphatic carbocycles. The molecule has 0 aliphatic heterocycles. The van der Waals surface area contributed by atoms with E-state index in [1.807, 2.05) is 60.7 Å². The first-order valence-electron chi connectivity index (χ1n) is 11.3. The summed E-state index contributed by atoms with van der Waals surface area (Å²) in [5.41, 5.74) is 7.19. The first-order valence-corrected chi connectivity index (χ1v) is 12.4. The average molecular weight is 547 g/mol. The van der Waals surface area contributed by atoms with E-state index in [4.69, 9.17) is 15.2 Å². The fourth-order valence-corrected chi connectivity index (χ4v) is 3.87. The maximum Gasteiger partial charge on any atom is 0.308 e. The molecular weight excluding hydrogens is 516 g/mol. The highest BCUT2D eigenvalue weighted by Gasteiger charge is 2.37. The molecule has 3 unspecified atom stereocenters. The second-order valence-corrected chi connectivity index (χ2v) is 8.96. The minimum Gasteiger partial charge on any atom is -0.461 e. The van der Waals surface area contributed by atoms with Gasteiger partial charge < -0.3 is 20.5 Å². The minimum atomic E-state index is -1.22. The van der Waals surface area contributed by atoms with E-state index >= 15 is 0 Å². The summed E-state index contributed by atoms with van der Waals surface area (Å²) in [7, 11) is 0. The number of ether oxygens (including phenoxy) is 2. The van der Waals surface area contributed by atoms with Crippen LogP contribution in [0.25, 0.3) is 0 Å². The van der Waals surface area contributed by atoms with Crippen LogP contribution < -0.4 is 11.1 Å². The van der Waals surface area contributed by atoms with Crippen LogP contribution in [0.15, 0.2) is 60.7 Å². The summed E-state index contributed by atoms with van der Waals surface area (Å²) in [6.07, 6.45) is -1.57. The Morgan fingerprint density at radius 2 is 1.46 bits per heavy atom. The molecule has 0 bridgehead atoms. The fourth-order valence-electron chi connectivity index (χ4n) is 3.48. The molecule has 8 nitrogen and oxygen atoms in total. The molecule has 2 amide bonds. The Hall–Kier alpha value is -3.04. The lowest BCUT2D eigenvalue weighted by Crippen LogP contribution is -2.52. The fraction of sp³-hybridized carbons (Fsp3) is 0.385. The topological polar surface area (TPSA) is 125 Å². The van der Waals surface area contributed by atoms with Gasteiger partial charge in [-0.25, -0.2) is 0 Å². The molecule has 0 radical (unpaired) electrons. The van der Waals surface area contributed by atoms with Crippen molar-refractivity contribution in [3.63, 3.8) is 0 Å². The van der Waals surface area contributed by atoms with E-state index in [-0.39, 0.29) is 30.9 Å². The zero-order valence-corrected chi connectivity index (χ0v) is 21.4. The molecule has 0 fully saturated rings. The summed E-state index contributed by atoms with van der Waals surface area (Å²) < 4.78 is 11.0. The van der Waals surface area contributed by atoms with E-state index in [9.17, 15) is 19.2 Å². The van der Waals surface area contributed by atoms with E-state index in [1.165, 1.54) is 0 Å². The second kappa shape index (κ2) is 14.4. The Labute approximate surface area is 213 Å². The number of primary amides is 1. The SMILES string of the molecule is CC(C)C(C(=O)NC(CC(=O)OCc1ccccc1)C(=O)CBr)C(OCc1ccccc1)C(N)=O. The number of halogens is 1. The molecule has 188 valence electrons. The van der Waals surface area contributed by atoms with Crippen LogP contribution in [-0.2, 0) is 41.9 Å². The minimum absolute atomic E-state index is 0.0501. The Balaban J connectivity index is 2.08. The van der Waals surface area contributed by atoms with E-state index in [2.05, 4.69) is 21.2 Å². The van der Waals surface area contributed by atoms with Crippen molar-refractivity contribution in [2.45, 2.75) is 45.6 Å². The normalized spacial score (nSPS) is 13.5. The highest BCUT2D eigenvalue weighted by Crippen LogP contribution is 2.21. The summed E-state index contributed by atoms with van der Waals surface area (Å²) in [6, 6.07) is 17.1. The van der Waals surface area contributed by atoms with Crippen molar-refractivity contribution in [2.24, 2.45) is 17.6 Å². The van der Waals surface area contributed by atoms with Crippen LogP contribution in [0.3, 0.4) is 0 Å². The predicted octanol–water partition coefficient (Wildman–Crippen LogP) is 2.91. The van der Waals surface area contributed by atoms with Gasteiger partial charge >= 0.3 is 5.97 Å². The molecule has 0 saturated carbocycles. The van der Waals surface area contributed by atoms with E-state index in [0.29, 0.717) is 0 Å². The first-order chi connectivity index (χ1) is 16.7. The highest BCUT2D eigenvalue weighted by atomic mass is 79.9. The summed E-state index contributed by atoms with van der Waals surface area (Å²) >= 11 is 3.09. The third-order valence-corrected chi connectivity index (χ3v) is 5.90. The van der Waals surface area contributed by atoms with E-state index < -0.39 is 41.6 Å². The molecule has 0 aromatic heterocycles. The van der Waals surface area contributed by atoms with Crippen molar-refractivity contribution in [1.82, 2.24) is 5.32 Å². The lowest BCUT2D eigenvalue weighted by atomic mass is 9.88. The number of carbonyl (C=O) groups excluding carboxylic acids is 4. The van der Waals surface area contributed by atoms with Crippen molar-refractivity contribution >= 4 is 39.5 Å². The summed E-state index contributed by atoms with van der Waals surface area (Å²) in [5, 5.41) is 2.54. The number of Topliss-reactive ketones (excluding diaryl/α,β-unsaturated/α-hetero) is 1. The van der Waals surface area contributed by atoms with Gasteiger partial charge in [-0.15, -0.1) is 0 Å². The number of ketones is 1. The number of nitrogens with one attached hydrogen (secondary N) is 1. The molecule has 3 N–H and O–H groups in total. The zero-order chi connectivity index (χ0) is 25.8. The smallest absolute Gasteiger partial charge is 0.308 e. The predicted molar refractivity (Wildman–Crippen MR) is 134 cm³/mol. The Kier molecular flexibility index (Phi) is 11.6. The summed E-state index contributed by atoms with van der Waals surface area (Å²) in [4.78, 5) is 50.3. The van der Waals surface area contributed by atoms with Gasteiger partial charge in [0.25, 0.3) is 0 Å². The molecule has 0 saturated heterocycles. The summed E-state index contributed by atoms with van der Waals surface area (Å²) in [6.45, 7) is 3.64. The number of alkyl halides is 1. The van der Waals surface area contributed by atoms with Crippen LogP contribution in [0.2, 0.25) is 0 Å². The van der Waals surface area contributed by atoms with Gasteiger partial charge in [-0.2, -0.15) is 0 Å². The number of carbonyl (C=O) groups is 4. The quantitative estimate of drug-likeness (QED) is 0.277. The standard InChI is InChI=1S/C26H31BrN2O6/c1-17(2)23(24(25(28)32)35-16-19-11-7-4-8-12-19)26(33)29-20(21(30)14-27)13-22(31)34-15-18-9-5-3-6-10-18/h3-12,17,20,23-24H,13-16H2,1-2H3,(H2,28,32)(H,29,33). The molecule has 3 atom stereocenters. The van der Waals surface area contributed by atoms with Crippen LogP contribution >= 0.6 is 15.9 Å². The first kappa shape index (κ1) is 28.2. The monoisotopic (exact) mass is 546 g/mol. The number of hydrogen-bond donors (Lipinski definition) is 2. The Morgan fingerprint density at radius 3 is 1.94 bits per heavy atom. The van der Waals surface area contributed by atoms with Crippen LogP contribution in [0.1, 0.15) is 31.4 Å². The van der Waals surface area contributed by atoms with Crippen molar-refractivity contribution in [2.75, 3.05) is 5.33 Å². The number of nitrogens with two attached hydrogens (primary N) is 1. The number of hydrogen-bond acceptors (Lipinski definition) is 6. The molecule has 0 spiro atoms. The van der Waals surface area contributed by atoms with Gasteiger partial charge in [-0.3, -0.25) is 19.2 Å². The van der Waals surface area contributed by atoms with E-state index in [0.717, 1.165) is 11.1 Å². The highest BCUT2D eigenvalue weighted by molar-refractivity contribution is 9.09. The third-order valence-electron chi connectivity index (χ3n) is 5.35. The molecule has 0 aliphatic rings. The van der Waals surface area contributed by atoms with Crippen LogP contribution in [0.4, 0.5) is 0 Å². The zero-order valence-electron chi connectivity index (χ0n) is 19.8. The second-order valence-electron chi connectivity index (χ2n) is 8.40. The molecule has 2 aromatic carbocycles. The Bertz CT molecular complexity index is 984. The number of amides is 2. The molecule has 9 heteroatoms. The van der Waals surface area contributed by atoms with Crippen molar-refractivity contribution < 1.29 is 28.7 Å². The van der Waals surface area contributed by atoms with Crippen LogP contribution in [-0.4, -0.2) is 41.0 Å². The number of benzene rings is 2. The Morgan fingerprint density at radius 1 is 0.914 bits per heavy atom. The van der Waals surface area contributed by atoms with Gasteiger partial charge in [-0.05, 0) is 17.0 Å². The average Bonchev–Trinajstić information content (AvgIpc) is 2.85. The van der Waals surface area contributed by atoms with Crippen molar-refractivity contribution in [3.05, 3.63) is 71.8 Å². The molecular formula is C26H31BrN2O6. The maximum absolute atomic E-state index is 13.2. The third kappa shape index (κ3) is 9.26. The van der Waals surface area contributed by atoms with Gasteiger partial charge in [0.1, 0.15) is 12.7 Å². The van der Waals surface area contributed by atoms with Crippen LogP contribution in [0.5, 0.6) is 0 Å². The van der Waals surface area contributed by atoms with Gasteiger partial charge in [0.2, 0.25) is 11.8 Å². The molecule has 2 aromatic rings. The largest absolute Gasteiger partial charge is 0.461 e. The van der Waals surface area contributed by atoms with Gasteiger partial charge in [0.05, 0.1) is 30.3 Å². The number of rotatable bonds is 14. The lowest BCUT2D eigenvalue weighted by Gasteiger charge is -2.29. The van der Waals surface area contributed by atoms with Crippen molar-refractivity contribution in [3.8, 4) is 0 Å². The van der Waals surface area contributed by atoms with Gasteiger partial charge in [-0.1, -0.05) is 90.4 Å². The summed E-state index contributed by atoms with van der Waals surface area (Å²) in [5.74, 6) is -3.75. The van der Waals surface area contributed by atoms with Crippen molar-refractivity contribution in [1.29, 1.82) is 0 Å².